The number of carbonyl (C=O) groups is 2. The highest BCUT2D eigenvalue weighted by molar-refractivity contribution is 5.79. The zero-order valence-corrected chi connectivity index (χ0v) is 15.9. The van der Waals surface area contributed by atoms with Gasteiger partial charge < -0.3 is 15.2 Å². The second-order valence-corrected chi connectivity index (χ2v) is 7.81. The first-order valence-electron chi connectivity index (χ1n) is 9.72. The van der Waals surface area contributed by atoms with Gasteiger partial charge in [-0.15, -0.1) is 0 Å². The highest BCUT2D eigenvalue weighted by atomic mass is 19.4. The van der Waals surface area contributed by atoms with Gasteiger partial charge in [-0.05, 0) is 30.7 Å². The molecule has 160 valence electrons. The summed E-state index contributed by atoms with van der Waals surface area (Å²) in [5.41, 5.74) is 1.33. The van der Waals surface area contributed by atoms with Crippen LogP contribution in [0.25, 0.3) is 0 Å². The van der Waals surface area contributed by atoms with Crippen LogP contribution in [0.2, 0.25) is 0 Å². The van der Waals surface area contributed by atoms with E-state index in [1.54, 1.807) is 0 Å². The number of alkyl halides is 3. The minimum atomic E-state index is -5.08. The van der Waals surface area contributed by atoms with Crippen molar-refractivity contribution in [2.24, 2.45) is 11.8 Å². The average molecular weight is 414 g/mol. The molecule has 1 aliphatic carbocycles. The third kappa shape index (κ3) is 6.43. The first-order chi connectivity index (χ1) is 13.7. The van der Waals surface area contributed by atoms with Crippen molar-refractivity contribution in [2.45, 2.75) is 44.2 Å². The highest BCUT2D eigenvalue weighted by Crippen LogP contribution is 2.33. The van der Waals surface area contributed by atoms with Crippen LogP contribution in [0.4, 0.5) is 13.2 Å². The van der Waals surface area contributed by atoms with E-state index in [-0.39, 0.29) is 24.0 Å². The molecule has 2 heterocycles. The van der Waals surface area contributed by atoms with Gasteiger partial charge in [0.05, 0.1) is 18.1 Å². The summed E-state index contributed by atoms with van der Waals surface area (Å²) in [7, 11) is 0. The molecule has 9 heteroatoms. The van der Waals surface area contributed by atoms with Gasteiger partial charge in [-0.1, -0.05) is 30.3 Å². The van der Waals surface area contributed by atoms with Crippen molar-refractivity contribution < 1.29 is 32.6 Å². The summed E-state index contributed by atoms with van der Waals surface area (Å²) in [4.78, 5) is 23.7. The van der Waals surface area contributed by atoms with E-state index in [4.69, 9.17) is 14.6 Å². The lowest BCUT2D eigenvalue weighted by Gasteiger charge is -2.32. The molecule has 6 nitrogen and oxygen atoms in total. The highest BCUT2D eigenvalue weighted by Gasteiger charge is 2.44. The Balaban J connectivity index is 0.000000298. The number of amides is 1. The molecule has 4 rings (SSSR count). The van der Waals surface area contributed by atoms with E-state index < -0.39 is 12.1 Å². The Morgan fingerprint density at radius 3 is 2.41 bits per heavy atom. The molecule has 1 amide bonds. The van der Waals surface area contributed by atoms with E-state index in [2.05, 4.69) is 34.5 Å². The van der Waals surface area contributed by atoms with Crippen LogP contribution in [0.1, 0.15) is 24.8 Å². The number of morpholine rings is 1. The van der Waals surface area contributed by atoms with Crippen LogP contribution >= 0.6 is 0 Å². The lowest BCUT2D eigenvalue weighted by Crippen LogP contribution is -2.45. The molecule has 3 aliphatic rings. The number of hydrogen-bond donors (Lipinski definition) is 2. The largest absolute Gasteiger partial charge is 0.490 e. The number of carboxylic acids is 1. The van der Waals surface area contributed by atoms with Crippen molar-refractivity contribution in [3.8, 4) is 0 Å². The number of benzene rings is 1. The molecule has 0 unspecified atom stereocenters. The van der Waals surface area contributed by atoms with Crippen LogP contribution in [0, 0.1) is 11.8 Å². The number of hydrogen-bond acceptors (Lipinski definition) is 4. The number of ether oxygens (including phenoxy) is 1. The normalized spacial score (nSPS) is 26.4. The van der Waals surface area contributed by atoms with Crippen molar-refractivity contribution >= 4 is 11.9 Å². The number of halogens is 3. The molecule has 3 fully saturated rings. The van der Waals surface area contributed by atoms with E-state index in [1.165, 1.54) is 18.4 Å². The fourth-order valence-corrected chi connectivity index (χ4v) is 3.68. The monoisotopic (exact) mass is 414 g/mol. The number of nitrogens with one attached hydrogen (secondary N) is 1. The number of nitrogens with zero attached hydrogens (tertiary/aromatic N) is 1. The average Bonchev–Trinajstić information content (AvgIpc) is 3.44. The molecule has 0 spiro atoms. The maximum absolute atomic E-state index is 12.4. The quantitative estimate of drug-likeness (QED) is 0.774. The Labute approximate surface area is 167 Å². The van der Waals surface area contributed by atoms with Crippen molar-refractivity contribution in [3.63, 3.8) is 0 Å². The number of fused-ring (bicyclic) bond motifs is 2. The standard InChI is InChI=1S/C18H24N2O2.C2HF3O2/c21-18(19-9-13-6-7-13)16-8-15-11-20(12-17(16)22-15)10-14-4-2-1-3-5-14;3-2(4,5)1(6)7/h1-5,13,15-17H,6-12H2,(H,19,21);(H,6,7)/t15-,16+,17-;/m1./s1. The van der Waals surface area contributed by atoms with Crippen molar-refractivity contribution in [1.29, 1.82) is 0 Å². The van der Waals surface area contributed by atoms with Crippen molar-refractivity contribution in [1.82, 2.24) is 10.2 Å². The number of rotatable bonds is 5. The van der Waals surface area contributed by atoms with Gasteiger partial charge in [-0.25, -0.2) is 4.79 Å². The topological polar surface area (TPSA) is 78.9 Å². The molecule has 3 atom stereocenters. The predicted octanol–water partition coefficient (Wildman–Crippen LogP) is 2.44. The van der Waals surface area contributed by atoms with Crippen LogP contribution in [0.3, 0.4) is 0 Å². The molecule has 1 saturated carbocycles. The van der Waals surface area contributed by atoms with Gasteiger partial charge in [0.2, 0.25) is 5.91 Å². The fourth-order valence-electron chi connectivity index (χ4n) is 3.68. The zero-order chi connectivity index (χ0) is 21.0. The van der Waals surface area contributed by atoms with E-state index in [0.717, 1.165) is 38.5 Å². The second-order valence-electron chi connectivity index (χ2n) is 7.81. The van der Waals surface area contributed by atoms with Gasteiger partial charge in [0.1, 0.15) is 0 Å². The molecule has 1 aromatic rings. The molecule has 1 aromatic carbocycles. The summed E-state index contributed by atoms with van der Waals surface area (Å²) in [5, 5.41) is 10.3. The minimum absolute atomic E-state index is 0.0459. The second kappa shape index (κ2) is 9.13. The van der Waals surface area contributed by atoms with Crippen LogP contribution in [0.15, 0.2) is 30.3 Å². The summed E-state index contributed by atoms with van der Waals surface area (Å²) in [6, 6.07) is 10.5. The van der Waals surface area contributed by atoms with Gasteiger partial charge >= 0.3 is 12.1 Å². The number of aliphatic carboxylic acids is 1. The van der Waals surface area contributed by atoms with Crippen molar-refractivity contribution in [2.75, 3.05) is 19.6 Å². The summed E-state index contributed by atoms with van der Waals surface area (Å²) in [6.45, 7) is 3.62. The number of carbonyl (C=O) groups excluding carboxylic acids is 1. The van der Waals surface area contributed by atoms with Crippen LogP contribution in [0.5, 0.6) is 0 Å². The number of likely N-dealkylation sites (tertiary alicyclic amines) is 1. The maximum atomic E-state index is 12.4. The van der Waals surface area contributed by atoms with Crippen LogP contribution in [-0.4, -0.2) is 59.9 Å². The summed E-state index contributed by atoms with van der Waals surface area (Å²) < 4.78 is 37.8. The van der Waals surface area contributed by atoms with Crippen molar-refractivity contribution in [3.05, 3.63) is 35.9 Å². The molecule has 2 aliphatic heterocycles. The summed E-state index contributed by atoms with van der Waals surface area (Å²) in [6.07, 6.45) is -1.36. The third-order valence-corrected chi connectivity index (χ3v) is 5.32. The summed E-state index contributed by atoms with van der Waals surface area (Å²) >= 11 is 0. The fraction of sp³-hybridized carbons (Fsp3) is 0.600. The Kier molecular flexibility index (Phi) is 6.79. The minimum Gasteiger partial charge on any atom is -0.475 e. The first kappa shape index (κ1) is 21.6. The summed E-state index contributed by atoms with van der Waals surface area (Å²) in [5.74, 6) is -1.77. The zero-order valence-electron chi connectivity index (χ0n) is 15.9. The molecule has 2 N–H and O–H groups in total. The first-order valence-corrected chi connectivity index (χ1v) is 9.72. The molecular formula is C20H25F3N2O4. The van der Waals surface area contributed by atoms with Gasteiger partial charge in [0, 0.05) is 26.2 Å². The molecule has 29 heavy (non-hydrogen) atoms. The third-order valence-electron chi connectivity index (χ3n) is 5.32. The Morgan fingerprint density at radius 2 is 1.83 bits per heavy atom. The lowest BCUT2D eigenvalue weighted by atomic mass is 9.99. The van der Waals surface area contributed by atoms with Gasteiger partial charge in [0.15, 0.2) is 0 Å². The predicted molar refractivity (Wildman–Crippen MR) is 97.9 cm³/mol. The molecule has 2 saturated heterocycles. The molecular weight excluding hydrogens is 389 g/mol. The van der Waals surface area contributed by atoms with Gasteiger partial charge in [-0.3, -0.25) is 9.69 Å². The lowest BCUT2D eigenvalue weighted by molar-refractivity contribution is -0.192. The molecule has 0 radical (unpaired) electrons. The smallest absolute Gasteiger partial charge is 0.475 e. The van der Waals surface area contributed by atoms with Crippen LogP contribution in [-0.2, 0) is 20.9 Å². The van der Waals surface area contributed by atoms with Gasteiger partial charge in [0.25, 0.3) is 0 Å². The number of carboxylic acid groups (broad SMARTS) is 1. The Bertz CT molecular complexity index is 709. The van der Waals surface area contributed by atoms with E-state index in [1.807, 2.05) is 6.07 Å². The molecule has 2 bridgehead atoms. The Morgan fingerprint density at radius 1 is 1.17 bits per heavy atom. The van der Waals surface area contributed by atoms with E-state index >= 15 is 0 Å². The van der Waals surface area contributed by atoms with Gasteiger partial charge in [-0.2, -0.15) is 13.2 Å². The van der Waals surface area contributed by atoms with Crippen LogP contribution < -0.4 is 5.32 Å². The SMILES string of the molecule is O=C(NCC1CC1)[C@H]1C[C@@H]2CN(Cc3ccccc3)C[C@H]1O2.O=C(O)C(F)(F)F. The van der Waals surface area contributed by atoms with E-state index in [0.29, 0.717) is 0 Å². The Hall–Kier alpha value is -2.13. The maximum Gasteiger partial charge on any atom is 0.490 e. The molecule has 0 aromatic heterocycles. The van der Waals surface area contributed by atoms with E-state index in [9.17, 15) is 18.0 Å².